The Morgan fingerprint density at radius 1 is 1.55 bits per heavy atom. The lowest BCUT2D eigenvalue weighted by atomic mass is 10.3. The van der Waals surface area contributed by atoms with E-state index in [1.165, 1.54) is 12.5 Å². The number of amides is 1. The van der Waals surface area contributed by atoms with Crippen molar-refractivity contribution >= 4 is 17.9 Å². The van der Waals surface area contributed by atoms with E-state index in [-0.39, 0.29) is 11.9 Å². The first-order valence-electron chi connectivity index (χ1n) is 6.59. The highest BCUT2D eigenvalue weighted by Crippen LogP contribution is 2.47. The van der Waals surface area contributed by atoms with E-state index in [2.05, 4.69) is 27.4 Å². The fourth-order valence-corrected chi connectivity index (χ4v) is 2.08. The molecule has 2 N–H and O–H groups in total. The SMILES string of the molecule is Cc1nc(NC(=O)/C=C/c2ccc(C3CC3C)o2)n[nH]1. The number of nitrogens with zero attached hydrogens (tertiary/aromatic N) is 2. The Morgan fingerprint density at radius 3 is 3.00 bits per heavy atom. The summed E-state index contributed by atoms with van der Waals surface area (Å²) in [5.41, 5.74) is 0. The van der Waals surface area contributed by atoms with Gasteiger partial charge in [-0.1, -0.05) is 6.92 Å². The van der Waals surface area contributed by atoms with Crippen molar-refractivity contribution in [3.8, 4) is 0 Å². The van der Waals surface area contributed by atoms with Crippen LogP contribution in [0, 0.1) is 12.8 Å². The number of carbonyl (C=O) groups excluding carboxylic acids is 1. The van der Waals surface area contributed by atoms with Gasteiger partial charge < -0.3 is 4.42 Å². The molecule has 0 spiro atoms. The van der Waals surface area contributed by atoms with Gasteiger partial charge in [-0.15, -0.1) is 5.10 Å². The number of rotatable bonds is 4. The first-order valence-corrected chi connectivity index (χ1v) is 6.59. The molecule has 2 heterocycles. The third-order valence-corrected chi connectivity index (χ3v) is 3.35. The Labute approximate surface area is 116 Å². The van der Waals surface area contributed by atoms with Crippen LogP contribution in [0.15, 0.2) is 22.6 Å². The molecule has 0 aromatic carbocycles. The zero-order valence-electron chi connectivity index (χ0n) is 11.4. The molecule has 1 fully saturated rings. The summed E-state index contributed by atoms with van der Waals surface area (Å²) in [7, 11) is 0. The predicted octanol–water partition coefficient (Wildman–Crippen LogP) is 2.48. The quantitative estimate of drug-likeness (QED) is 0.837. The summed E-state index contributed by atoms with van der Waals surface area (Å²) < 4.78 is 5.68. The van der Waals surface area contributed by atoms with Gasteiger partial charge in [-0.05, 0) is 37.5 Å². The topological polar surface area (TPSA) is 83.8 Å². The molecule has 1 aliphatic rings. The van der Waals surface area contributed by atoms with Crippen LogP contribution in [0.25, 0.3) is 6.08 Å². The summed E-state index contributed by atoms with van der Waals surface area (Å²) in [6.45, 7) is 3.97. The zero-order chi connectivity index (χ0) is 14.1. The van der Waals surface area contributed by atoms with Crippen LogP contribution >= 0.6 is 0 Å². The summed E-state index contributed by atoms with van der Waals surface area (Å²) in [5, 5.41) is 9.05. The van der Waals surface area contributed by atoms with E-state index in [0.717, 1.165) is 5.76 Å². The number of anilines is 1. The summed E-state index contributed by atoms with van der Waals surface area (Å²) in [4.78, 5) is 15.7. The molecule has 6 heteroatoms. The molecule has 3 rings (SSSR count). The summed E-state index contributed by atoms with van der Waals surface area (Å²) >= 11 is 0. The number of hydrogen-bond donors (Lipinski definition) is 2. The number of furan rings is 1. The van der Waals surface area contributed by atoms with Crippen LogP contribution in [-0.2, 0) is 4.79 Å². The lowest BCUT2D eigenvalue weighted by molar-refractivity contribution is -0.111. The molecule has 0 saturated heterocycles. The number of aromatic amines is 1. The van der Waals surface area contributed by atoms with Gasteiger partial charge in [-0.3, -0.25) is 15.2 Å². The average Bonchev–Trinajstić information content (AvgIpc) is 2.82. The van der Waals surface area contributed by atoms with Crippen molar-refractivity contribution in [2.24, 2.45) is 5.92 Å². The van der Waals surface area contributed by atoms with Crippen molar-refractivity contribution in [3.63, 3.8) is 0 Å². The van der Waals surface area contributed by atoms with Crippen LogP contribution < -0.4 is 5.32 Å². The predicted molar refractivity (Wildman–Crippen MR) is 74.0 cm³/mol. The standard InChI is InChI=1S/C14H16N4O2/c1-8-7-11(8)12-5-3-10(20-12)4-6-13(19)16-14-15-9(2)17-18-14/h3-6,8,11H,7H2,1-2H3,(H2,15,16,17,18,19)/b6-4+. The second-order valence-corrected chi connectivity index (χ2v) is 5.13. The molecule has 2 unspecified atom stereocenters. The van der Waals surface area contributed by atoms with Crippen LogP contribution in [0.5, 0.6) is 0 Å². The maximum Gasteiger partial charge on any atom is 0.250 e. The van der Waals surface area contributed by atoms with Gasteiger partial charge in [0.25, 0.3) is 5.91 Å². The highest BCUT2D eigenvalue weighted by Gasteiger charge is 2.36. The Kier molecular flexibility index (Phi) is 3.14. The van der Waals surface area contributed by atoms with E-state index in [1.54, 1.807) is 13.0 Å². The maximum absolute atomic E-state index is 11.7. The van der Waals surface area contributed by atoms with Crippen LogP contribution in [0.2, 0.25) is 0 Å². The van der Waals surface area contributed by atoms with Crippen LogP contribution in [-0.4, -0.2) is 21.1 Å². The number of aromatic nitrogens is 3. The van der Waals surface area contributed by atoms with Gasteiger partial charge in [0.05, 0.1) is 0 Å². The number of H-pyrrole nitrogens is 1. The van der Waals surface area contributed by atoms with Crippen LogP contribution in [0.4, 0.5) is 5.95 Å². The summed E-state index contributed by atoms with van der Waals surface area (Å²) in [5.74, 6) is 3.56. The lowest BCUT2D eigenvalue weighted by Gasteiger charge is -1.93. The van der Waals surface area contributed by atoms with Gasteiger partial charge in [-0.2, -0.15) is 4.98 Å². The molecule has 20 heavy (non-hydrogen) atoms. The number of carbonyl (C=O) groups is 1. The highest BCUT2D eigenvalue weighted by atomic mass is 16.3. The number of hydrogen-bond acceptors (Lipinski definition) is 4. The van der Waals surface area contributed by atoms with Gasteiger partial charge in [0.1, 0.15) is 17.3 Å². The molecular formula is C14H16N4O2. The second-order valence-electron chi connectivity index (χ2n) is 5.13. The van der Waals surface area contributed by atoms with E-state index in [0.29, 0.717) is 23.4 Å². The molecule has 2 aromatic rings. The fraction of sp³-hybridized carbons (Fsp3) is 0.357. The van der Waals surface area contributed by atoms with Crippen molar-refractivity contribution in [1.82, 2.24) is 15.2 Å². The average molecular weight is 272 g/mol. The van der Waals surface area contributed by atoms with E-state index < -0.39 is 0 Å². The van der Waals surface area contributed by atoms with Gasteiger partial charge in [0, 0.05) is 12.0 Å². The third kappa shape index (κ3) is 2.79. The maximum atomic E-state index is 11.7. The van der Waals surface area contributed by atoms with Crippen molar-refractivity contribution < 1.29 is 9.21 Å². The molecule has 1 aliphatic carbocycles. The lowest BCUT2D eigenvalue weighted by Crippen LogP contribution is -2.08. The minimum Gasteiger partial charge on any atom is -0.461 e. The Bertz CT molecular complexity index is 656. The fourth-order valence-electron chi connectivity index (χ4n) is 2.08. The van der Waals surface area contributed by atoms with Gasteiger partial charge >= 0.3 is 0 Å². The van der Waals surface area contributed by atoms with E-state index in [4.69, 9.17) is 4.42 Å². The highest BCUT2D eigenvalue weighted by molar-refractivity contribution is 6.00. The Balaban J connectivity index is 1.59. The van der Waals surface area contributed by atoms with Gasteiger partial charge in [-0.25, -0.2) is 0 Å². The zero-order valence-corrected chi connectivity index (χ0v) is 11.4. The van der Waals surface area contributed by atoms with Crippen molar-refractivity contribution in [2.75, 3.05) is 5.32 Å². The Morgan fingerprint density at radius 2 is 2.35 bits per heavy atom. The van der Waals surface area contributed by atoms with Crippen molar-refractivity contribution in [2.45, 2.75) is 26.2 Å². The summed E-state index contributed by atoms with van der Waals surface area (Å²) in [6.07, 6.45) is 4.23. The molecule has 2 aromatic heterocycles. The smallest absolute Gasteiger partial charge is 0.250 e. The molecule has 6 nitrogen and oxygen atoms in total. The van der Waals surface area contributed by atoms with E-state index in [9.17, 15) is 4.79 Å². The minimum atomic E-state index is -0.290. The first kappa shape index (κ1) is 12.7. The second kappa shape index (κ2) is 4.96. The van der Waals surface area contributed by atoms with Crippen LogP contribution in [0.3, 0.4) is 0 Å². The number of aryl methyl sites for hydroxylation is 1. The number of nitrogens with one attached hydrogen (secondary N) is 2. The molecule has 104 valence electrons. The molecule has 2 atom stereocenters. The summed E-state index contributed by atoms with van der Waals surface area (Å²) in [6, 6.07) is 3.85. The molecule has 0 radical (unpaired) electrons. The first-order chi connectivity index (χ1) is 9.61. The normalized spacial score (nSPS) is 21.3. The van der Waals surface area contributed by atoms with Crippen molar-refractivity contribution in [1.29, 1.82) is 0 Å². The largest absolute Gasteiger partial charge is 0.461 e. The van der Waals surface area contributed by atoms with Crippen LogP contribution in [0.1, 0.15) is 36.6 Å². The molecule has 0 aliphatic heterocycles. The van der Waals surface area contributed by atoms with E-state index >= 15 is 0 Å². The molecular weight excluding hydrogens is 256 g/mol. The molecule has 0 bridgehead atoms. The third-order valence-electron chi connectivity index (χ3n) is 3.35. The van der Waals surface area contributed by atoms with Gasteiger partial charge in [0.15, 0.2) is 0 Å². The Hall–Kier alpha value is -2.37. The van der Waals surface area contributed by atoms with Gasteiger partial charge in [0.2, 0.25) is 5.95 Å². The minimum absolute atomic E-state index is 0.268. The molecule has 1 amide bonds. The van der Waals surface area contributed by atoms with Crippen molar-refractivity contribution in [3.05, 3.63) is 35.6 Å². The van der Waals surface area contributed by atoms with E-state index in [1.807, 2.05) is 12.1 Å². The molecule has 1 saturated carbocycles. The monoisotopic (exact) mass is 272 g/mol.